The number of halogens is 2. The van der Waals surface area contributed by atoms with Gasteiger partial charge in [0.05, 0.1) is 21.8 Å². The minimum atomic E-state index is -3.98. The molecule has 1 amide bonds. The van der Waals surface area contributed by atoms with E-state index in [1.165, 1.54) is 36.5 Å². The van der Waals surface area contributed by atoms with Gasteiger partial charge in [-0.2, -0.15) is 0 Å². The van der Waals surface area contributed by atoms with Gasteiger partial charge < -0.3 is 10.4 Å². The second-order valence-corrected chi connectivity index (χ2v) is 8.12. The highest BCUT2D eigenvalue weighted by atomic mass is 35.5. The smallest absolute Gasteiger partial charge is 0.261 e. The van der Waals surface area contributed by atoms with Gasteiger partial charge in [0.1, 0.15) is 10.9 Å². The van der Waals surface area contributed by atoms with Gasteiger partial charge in [0.25, 0.3) is 15.9 Å². The number of aromatic hydroxyl groups is 1. The van der Waals surface area contributed by atoms with Crippen LogP contribution >= 0.6 is 23.2 Å². The third-order valence-electron chi connectivity index (χ3n) is 3.59. The molecule has 0 aliphatic carbocycles. The third kappa shape index (κ3) is 4.72. The summed E-state index contributed by atoms with van der Waals surface area (Å²) in [5.41, 5.74) is 0.390. The Morgan fingerprint density at radius 3 is 2.50 bits per heavy atom. The molecule has 0 atom stereocenters. The van der Waals surface area contributed by atoms with E-state index >= 15 is 0 Å². The van der Waals surface area contributed by atoms with Crippen LogP contribution in [-0.4, -0.2) is 24.4 Å². The molecular weight excluding hydrogens is 425 g/mol. The first-order valence-electron chi connectivity index (χ1n) is 7.79. The van der Waals surface area contributed by atoms with Crippen LogP contribution in [0.1, 0.15) is 10.4 Å². The molecule has 0 spiro atoms. The summed E-state index contributed by atoms with van der Waals surface area (Å²) in [5, 5.41) is 13.0. The zero-order valence-electron chi connectivity index (χ0n) is 14.1. The number of aromatic nitrogens is 1. The fourth-order valence-electron chi connectivity index (χ4n) is 2.25. The third-order valence-corrected chi connectivity index (χ3v) is 5.43. The lowest BCUT2D eigenvalue weighted by atomic mass is 10.2. The van der Waals surface area contributed by atoms with E-state index in [0.717, 1.165) is 6.07 Å². The van der Waals surface area contributed by atoms with Crippen LogP contribution in [0.15, 0.2) is 65.7 Å². The van der Waals surface area contributed by atoms with Gasteiger partial charge >= 0.3 is 0 Å². The van der Waals surface area contributed by atoms with E-state index < -0.39 is 15.9 Å². The number of pyridine rings is 1. The number of hydrogen-bond acceptors (Lipinski definition) is 5. The highest BCUT2D eigenvalue weighted by Gasteiger charge is 2.18. The van der Waals surface area contributed by atoms with Crippen LogP contribution < -0.4 is 10.0 Å². The van der Waals surface area contributed by atoms with Gasteiger partial charge in [-0.05, 0) is 48.5 Å². The molecule has 0 aliphatic heterocycles. The van der Waals surface area contributed by atoms with Crippen molar-refractivity contribution < 1.29 is 18.3 Å². The predicted molar refractivity (Wildman–Crippen MR) is 108 cm³/mol. The monoisotopic (exact) mass is 437 g/mol. The number of carbonyl (C=O) groups excluding carboxylic acids is 1. The van der Waals surface area contributed by atoms with Gasteiger partial charge in [0, 0.05) is 11.2 Å². The summed E-state index contributed by atoms with van der Waals surface area (Å²) in [4.78, 5) is 15.9. The summed E-state index contributed by atoms with van der Waals surface area (Å²) < 4.78 is 27.6. The standard InChI is InChI=1S/C18H13Cl2N3O4S/c19-12-2-1-3-13(8-12)23-28(26,27)14-5-6-16(24)15(9-14)22-18(25)11-4-7-17(20)21-10-11/h1-10,23-24H,(H,22,25). The number of nitrogens with one attached hydrogen (secondary N) is 2. The molecule has 0 bridgehead atoms. The van der Waals surface area contributed by atoms with Crippen molar-refractivity contribution in [2.45, 2.75) is 4.90 Å². The molecule has 0 radical (unpaired) electrons. The lowest BCUT2D eigenvalue weighted by Gasteiger charge is -2.12. The van der Waals surface area contributed by atoms with Crippen LogP contribution in [0.2, 0.25) is 10.2 Å². The minimum absolute atomic E-state index is 0.0751. The second-order valence-electron chi connectivity index (χ2n) is 5.62. The fourth-order valence-corrected chi connectivity index (χ4v) is 3.63. The first-order chi connectivity index (χ1) is 13.2. The van der Waals surface area contributed by atoms with Gasteiger partial charge in [-0.25, -0.2) is 13.4 Å². The summed E-state index contributed by atoms with van der Waals surface area (Å²) in [6.45, 7) is 0. The molecule has 7 nitrogen and oxygen atoms in total. The number of sulfonamides is 1. The molecule has 3 N–H and O–H groups in total. The van der Waals surface area contributed by atoms with E-state index in [4.69, 9.17) is 23.2 Å². The molecule has 1 heterocycles. The summed E-state index contributed by atoms with van der Waals surface area (Å²) in [5.74, 6) is -0.881. The Labute approximate surface area is 171 Å². The number of amides is 1. The van der Waals surface area contributed by atoms with Crippen molar-refractivity contribution >= 4 is 50.5 Å². The zero-order valence-corrected chi connectivity index (χ0v) is 16.4. The number of phenolic OH excluding ortho intramolecular Hbond substituents is 1. The summed E-state index contributed by atoms with van der Waals surface area (Å²) in [6, 6.07) is 12.6. The van der Waals surface area contributed by atoms with Crippen molar-refractivity contribution in [3.63, 3.8) is 0 Å². The molecule has 28 heavy (non-hydrogen) atoms. The van der Waals surface area contributed by atoms with Crippen LogP contribution in [0, 0.1) is 0 Å². The van der Waals surface area contributed by atoms with Crippen LogP contribution in [0.3, 0.4) is 0 Å². The molecule has 0 saturated heterocycles. The molecule has 0 unspecified atom stereocenters. The van der Waals surface area contributed by atoms with E-state index in [2.05, 4.69) is 15.0 Å². The first-order valence-corrected chi connectivity index (χ1v) is 10.0. The van der Waals surface area contributed by atoms with Crippen molar-refractivity contribution in [3.05, 3.63) is 76.5 Å². The molecule has 2 aromatic carbocycles. The summed E-state index contributed by atoms with van der Waals surface area (Å²) in [6.07, 6.45) is 1.26. The molecule has 0 aliphatic rings. The maximum absolute atomic E-state index is 12.6. The quantitative estimate of drug-likeness (QED) is 0.410. The Bertz CT molecular complexity index is 1140. The molecule has 0 fully saturated rings. The van der Waals surface area contributed by atoms with Crippen LogP contribution in [0.5, 0.6) is 5.75 Å². The number of rotatable bonds is 5. The lowest BCUT2D eigenvalue weighted by Crippen LogP contribution is -2.15. The maximum atomic E-state index is 12.6. The topological polar surface area (TPSA) is 108 Å². The zero-order chi connectivity index (χ0) is 20.3. The van der Waals surface area contributed by atoms with Gasteiger partial charge in [-0.3, -0.25) is 9.52 Å². The molecule has 3 rings (SSSR count). The average molecular weight is 438 g/mol. The summed E-state index contributed by atoms with van der Waals surface area (Å²) in [7, 11) is -3.98. The fraction of sp³-hybridized carbons (Fsp3) is 0. The van der Waals surface area contributed by atoms with Gasteiger partial charge in [0.2, 0.25) is 0 Å². The second kappa shape index (κ2) is 8.05. The Hall–Kier alpha value is -2.81. The van der Waals surface area contributed by atoms with Crippen molar-refractivity contribution in [1.82, 2.24) is 4.98 Å². The van der Waals surface area contributed by atoms with Crippen LogP contribution in [-0.2, 0) is 10.0 Å². The Kier molecular flexibility index (Phi) is 5.73. The van der Waals surface area contributed by atoms with Gasteiger partial charge in [-0.15, -0.1) is 0 Å². The number of anilines is 2. The summed E-state index contributed by atoms with van der Waals surface area (Å²) >= 11 is 11.5. The number of benzene rings is 2. The molecule has 144 valence electrons. The number of carbonyl (C=O) groups is 1. The van der Waals surface area contributed by atoms with Gasteiger partial charge in [0.15, 0.2) is 0 Å². The molecule has 0 saturated carbocycles. The Balaban J connectivity index is 1.86. The van der Waals surface area contributed by atoms with E-state index in [9.17, 15) is 18.3 Å². The molecule has 10 heteroatoms. The first kappa shape index (κ1) is 19.9. The highest BCUT2D eigenvalue weighted by Crippen LogP contribution is 2.28. The van der Waals surface area contributed by atoms with Gasteiger partial charge in [-0.1, -0.05) is 29.3 Å². The van der Waals surface area contributed by atoms with Crippen LogP contribution in [0.25, 0.3) is 0 Å². The van der Waals surface area contributed by atoms with E-state index in [-0.39, 0.29) is 32.7 Å². The normalized spacial score (nSPS) is 11.1. The van der Waals surface area contributed by atoms with E-state index in [0.29, 0.717) is 5.02 Å². The van der Waals surface area contributed by atoms with Crippen LogP contribution in [0.4, 0.5) is 11.4 Å². The largest absolute Gasteiger partial charge is 0.506 e. The van der Waals surface area contributed by atoms with Crippen molar-refractivity contribution in [2.75, 3.05) is 10.0 Å². The SMILES string of the molecule is O=C(Nc1cc(S(=O)(=O)Nc2cccc(Cl)c2)ccc1O)c1ccc(Cl)nc1. The van der Waals surface area contributed by atoms with E-state index in [1.54, 1.807) is 18.2 Å². The lowest BCUT2D eigenvalue weighted by molar-refractivity contribution is 0.102. The van der Waals surface area contributed by atoms with Crippen molar-refractivity contribution in [3.8, 4) is 5.75 Å². The Morgan fingerprint density at radius 1 is 1.04 bits per heavy atom. The Morgan fingerprint density at radius 2 is 1.82 bits per heavy atom. The number of hydrogen-bond donors (Lipinski definition) is 3. The average Bonchev–Trinajstić information content (AvgIpc) is 2.63. The molecule has 3 aromatic rings. The maximum Gasteiger partial charge on any atom is 0.261 e. The predicted octanol–water partition coefficient (Wildman–Crippen LogP) is 4.15. The van der Waals surface area contributed by atoms with E-state index in [1.807, 2.05) is 0 Å². The number of phenols is 1. The highest BCUT2D eigenvalue weighted by molar-refractivity contribution is 7.92. The minimum Gasteiger partial charge on any atom is -0.506 e. The number of nitrogens with zero attached hydrogens (tertiary/aromatic N) is 1. The molecule has 1 aromatic heterocycles. The van der Waals surface area contributed by atoms with Crippen molar-refractivity contribution in [1.29, 1.82) is 0 Å². The molecular formula is C18H13Cl2N3O4S. The van der Waals surface area contributed by atoms with Crippen molar-refractivity contribution in [2.24, 2.45) is 0 Å².